The number of esters is 1. The van der Waals surface area contributed by atoms with Crippen LogP contribution in [0.25, 0.3) is 6.08 Å². The number of nitrogens with zero attached hydrogens (tertiary/aromatic N) is 1. The lowest BCUT2D eigenvalue weighted by Crippen LogP contribution is -2.40. The molecule has 1 aliphatic carbocycles. The second-order valence-corrected chi connectivity index (χ2v) is 10.2. The molecule has 4 rings (SSSR count). The van der Waals surface area contributed by atoms with Crippen LogP contribution in [0.4, 0.5) is 0 Å². The number of thiazole rings is 1. The highest BCUT2D eigenvalue weighted by Crippen LogP contribution is 2.37. The van der Waals surface area contributed by atoms with Crippen LogP contribution < -0.4 is 0 Å². The predicted molar refractivity (Wildman–Crippen MR) is 120 cm³/mol. The van der Waals surface area contributed by atoms with Crippen molar-refractivity contribution in [3.63, 3.8) is 0 Å². The number of aromatic nitrogens is 1. The fraction of sp³-hybridized carbons (Fsp3) is 0.625. The molecule has 2 aliphatic heterocycles. The Kier molecular flexibility index (Phi) is 6.95. The van der Waals surface area contributed by atoms with E-state index in [-0.39, 0.29) is 35.9 Å². The number of hydrogen-bond donors (Lipinski definition) is 2. The quantitative estimate of drug-likeness (QED) is 0.515. The van der Waals surface area contributed by atoms with Crippen LogP contribution >= 0.6 is 11.3 Å². The molecule has 32 heavy (non-hydrogen) atoms. The summed E-state index contributed by atoms with van der Waals surface area (Å²) < 4.78 is 11.6. The first-order valence-electron chi connectivity index (χ1n) is 11.3. The first kappa shape index (κ1) is 23.3. The van der Waals surface area contributed by atoms with Gasteiger partial charge in [0.1, 0.15) is 6.10 Å². The summed E-state index contributed by atoms with van der Waals surface area (Å²) in [5.41, 5.74) is 1.90. The van der Waals surface area contributed by atoms with E-state index in [2.05, 4.69) is 4.98 Å². The average molecular weight is 462 g/mol. The molecule has 2 bridgehead atoms. The number of ether oxygens (including phenoxy) is 2. The monoisotopic (exact) mass is 461 g/mol. The number of rotatable bonds is 2. The summed E-state index contributed by atoms with van der Waals surface area (Å²) in [7, 11) is 0. The Morgan fingerprint density at radius 3 is 2.75 bits per heavy atom. The molecule has 174 valence electrons. The molecule has 1 aromatic heterocycles. The molecule has 7 atom stereocenters. The van der Waals surface area contributed by atoms with Crippen LogP contribution in [0, 0.1) is 18.8 Å². The number of Topliss-reactive ketones (excluding diaryl/α,β-unsaturated/α-hetero) is 1. The molecule has 7 nitrogen and oxygen atoms in total. The van der Waals surface area contributed by atoms with Crippen molar-refractivity contribution in [3.05, 3.63) is 33.3 Å². The van der Waals surface area contributed by atoms with E-state index >= 15 is 0 Å². The summed E-state index contributed by atoms with van der Waals surface area (Å²) in [6.45, 7) is 5.52. The van der Waals surface area contributed by atoms with Gasteiger partial charge in [-0.05, 0) is 38.3 Å². The molecule has 1 fully saturated rings. The number of aryl methyl sites for hydroxylation is 1. The van der Waals surface area contributed by atoms with Crippen LogP contribution in [0.1, 0.15) is 56.7 Å². The Labute approximate surface area is 192 Å². The lowest BCUT2D eigenvalue weighted by Gasteiger charge is -2.32. The van der Waals surface area contributed by atoms with E-state index in [0.29, 0.717) is 12.8 Å². The van der Waals surface area contributed by atoms with Gasteiger partial charge in [-0.1, -0.05) is 19.4 Å². The molecular formula is C24H31NO6S. The third kappa shape index (κ3) is 5.20. The summed E-state index contributed by atoms with van der Waals surface area (Å²) in [4.78, 5) is 29.8. The molecule has 1 saturated heterocycles. The van der Waals surface area contributed by atoms with Crippen LogP contribution in [0.2, 0.25) is 0 Å². The smallest absolute Gasteiger partial charge is 0.309 e. The fourth-order valence-corrected chi connectivity index (χ4v) is 5.28. The first-order chi connectivity index (χ1) is 15.2. The van der Waals surface area contributed by atoms with Crippen LogP contribution in [-0.4, -0.2) is 57.5 Å². The molecule has 0 radical (unpaired) electrons. The largest absolute Gasteiger partial charge is 0.458 e. The minimum Gasteiger partial charge on any atom is -0.458 e. The van der Waals surface area contributed by atoms with E-state index < -0.39 is 30.2 Å². The Balaban J connectivity index is 1.55. The van der Waals surface area contributed by atoms with Gasteiger partial charge in [0.15, 0.2) is 5.78 Å². The number of hydrogen-bond acceptors (Lipinski definition) is 8. The van der Waals surface area contributed by atoms with Crippen molar-refractivity contribution >= 4 is 29.2 Å². The van der Waals surface area contributed by atoms with Crippen LogP contribution in [0.15, 0.2) is 22.6 Å². The van der Waals surface area contributed by atoms with Crippen molar-refractivity contribution < 1.29 is 29.3 Å². The van der Waals surface area contributed by atoms with Crippen molar-refractivity contribution in [2.24, 2.45) is 11.8 Å². The SMILES string of the molecule is C/C(=C\c1csc(C)n1)[C@@H]1C[C@@H]2OC2CCC[C@@H]2C=C(C(=O)[C@H](C)[C@H]2O)[C@@H](O)CC(=O)O1. The van der Waals surface area contributed by atoms with Gasteiger partial charge in [-0.25, -0.2) is 4.98 Å². The molecule has 8 heteroatoms. The molecule has 0 aromatic carbocycles. The Morgan fingerprint density at radius 2 is 2.03 bits per heavy atom. The molecule has 0 spiro atoms. The molecule has 2 N–H and O–H groups in total. The van der Waals surface area contributed by atoms with Crippen molar-refractivity contribution in [2.75, 3.05) is 0 Å². The van der Waals surface area contributed by atoms with Crippen LogP contribution in [0.5, 0.6) is 0 Å². The number of aliphatic hydroxyl groups is 2. The number of aliphatic hydroxyl groups excluding tert-OH is 2. The van der Waals surface area contributed by atoms with E-state index in [1.165, 1.54) is 0 Å². The van der Waals surface area contributed by atoms with E-state index in [0.717, 1.165) is 29.1 Å². The zero-order valence-electron chi connectivity index (χ0n) is 18.7. The molecule has 0 saturated carbocycles. The minimum atomic E-state index is -1.24. The zero-order chi connectivity index (χ0) is 23.0. The zero-order valence-corrected chi connectivity index (χ0v) is 19.5. The molecule has 3 heterocycles. The first-order valence-corrected chi connectivity index (χ1v) is 12.2. The highest BCUT2D eigenvalue weighted by atomic mass is 32.1. The van der Waals surface area contributed by atoms with Gasteiger partial charge in [-0.3, -0.25) is 9.59 Å². The maximum atomic E-state index is 12.7. The third-order valence-electron chi connectivity index (χ3n) is 6.72. The highest BCUT2D eigenvalue weighted by Gasteiger charge is 2.43. The van der Waals surface area contributed by atoms with Gasteiger partial charge in [0.25, 0.3) is 0 Å². The van der Waals surface area contributed by atoms with Gasteiger partial charge in [-0.15, -0.1) is 11.3 Å². The second kappa shape index (κ2) is 9.55. The summed E-state index contributed by atoms with van der Waals surface area (Å²) in [5.74, 6) is -1.70. The van der Waals surface area contributed by atoms with Gasteiger partial charge in [0, 0.05) is 29.2 Å². The normalized spacial score (nSPS) is 36.6. The second-order valence-electron chi connectivity index (χ2n) is 9.19. The molecule has 3 aliphatic rings. The minimum absolute atomic E-state index is 0.0177. The van der Waals surface area contributed by atoms with E-state index in [9.17, 15) is 19.8 Å². The maximum absolute atomic E-state index is 12.7. The molecular weight excluding hydrogens is 430 g/mol. The number of ketones is 1. The van der Waals surface area contributed by atoms with Gasteiger partial charge in [0.2, 0.25) is 0 Å². The Morgan fingerprint density at radius 1 is 1.25 bits per heavy atom. The van der Waals surface area contributed by atoms with Crippen molar-refractivity contribution in [3.8, 4) is 0 Å². The maximum Gasteiger partial charge on any atom is 0.309 e. The summed E-state index contributed by atoms with van der Waals surface area (Å²) in [5, 5.41) is 24.1. The highest BCUT2D eigenvalue weighted by molar-refractivity contribution is 7.09. The van der Waals surface area contributed by atoms with Gasteiger partial charge >= 0.3 is 5.97 Å². The molecule has 0 amide bonds. The number of fused-ring (bicyclic) bond motifs is 2. The fourth-order valence-electron chi connectivity index (χ4n) is 4.71. The predicted octanol–water partition coefficient (Wildman–Crippen LogP) is 2.98. The van der Waals surface area contributed by atoms with Gasteiger partial charge in [-0.2, -0.15) is 0 Å². The van der Waals surface area contributed by atoms with E-state index in [1.54, 1.807) is 24.3 Å². The number of cyclic esters (lactones) is 1. The number of epoxide rings is 1. The number of carbonyl (C=O) groups is 2. The van der Waals surface area contributed by atoms with Crippen LogP contribution in [-0.2, 0) is 19.1 Å². The Hall–Kier alpha value is -1.87. The topological polar surface area (TPSA) is 109 Å². The lowest BCUT2D eigenvalue weighted by atomic mass is 9.76. The average Bonchev–Trinajstić information content (AvgIpc) is 3.35. The Bertz CT molecular complexity index is 937. The van der Waals surface area contributed by atoms with Crippen molar-refractivity contribution in [1.82, 2.24) is 4.98 Å². The number of carbonyl (C=O) groups excluding carboxylic acids is 2. The van der Waals surface area contributed by atoms with E-state index in [4.69, 9.17) is 9.47 Å². The lowest BCUT2D eigenvalue weighted by molar-refractivity contribution is -0.149. The summed E-state index contributed by atoms with van der Waals surface area (Å²) in [6, 6.07) is 0. The van der Waals surface area contributed by atoms with Crippen molar-refractivity contribution in [2.45, 2.75) is 83.4 Å². The van der Waals surface area contributed by atoms with Gasteiger partial charge < -0.3 is 19.7 Å². The van der Waals surface area contributed by atoms with E-state index in [1.807, 2.05) is 25.3 Å². The third-order valence-corrected chi connectivity index (χ3v) is 7.51. The molecule has 1 aromatic rings. The van der Waals surface area contributed by atoms with Crippen LogP contribution in [0.3, 0.4) is 0 Å². The molecule has 1 unspecified atom stereocenters. The summed E-state index contributed by atoms with van der Waals surface area (Å²) >= 11 is 1.56. The van der Waals surface area contributed by atoms with Crippen molar-refractivity contribution in [1.29, 1.82) is 0 Å². The summed E-state index contributed by atoms with van der Waals surface area (Å²) in [6.07, 6.45) is 3.84. The standard InChI is InChI=1S/C24H31NO6S/c1-12(7-16-11-32-14(3)25-16)20-10-21-19(30-21)6-4-5-15-8-17(18(26)9-22(27)31-20)24(29)13(2)23(15)28/h7-8,11,13,15,18-21,23,26,28H,4-6,9-10H2,1-3H3/b12-7+/t13-,15-,18+,19?,20+,21+,23-/m1/s1. The van der Waals surface area contributed by atoms with Gasteiger partial charge in [0.05, 0.1) is 41.5 Å².